The summed E-state index contributed by atoms with van der Waals surface area (Å²) in [6, 6.07) is 14.0. The Bertz CT molecular complexity index is 943. The number of hydrogen-bond acceptors (Lipinski definition) is 5. The molecule has 1 unspecified atom stereocenters. The Hall–Kier alpha value is -2.38. The summed E-state index contributed by atoms with van der Waals surface area (Å²) < 4.78 is 29.1. The minimum absolute atomic E-state index is 0.0111. The molecule has 3 rings (SSSR count). The third kappa shape index (κ3) is 4.14. The molecule has 0 aliphatic carbocycles. The summed E-state index contributed by atoms with van der Waals surface area (Å²) >= 11 is 0. The van der Waals surface area contributed by atoms with Crippen LogP contribution in [0.1, 0.15) is 22.0 Å². The molecule has 1 atom stereocenters. The third-order valence-corrected chi connectivity index (χ3v) is 6.05. The Morgan fingerprint density at radius 2 is 1.85 bits per heavy atom. The highest BCUT2D eigenvalue weighted by Gasteiger charge is 2.30. The lowest BCUT2D eigenvalue weighted by atomic mass is 10.0. The highest BCUT2D eigenvalue weighted by molar-refractivity contribution is 7.90. The van der Waals surface area contributed by atoms with Crippen molar-refractivity contribution in [2.24, 2.45) is 0 Å². The van der Waals surface area contributed by atoms with Crippen LogP contribution in [0.3, 0.4) is 0 Å². The fraction of sp³-hybridized carbons (Fsp3) is 0.350. The van der Waals surface area contributed by atoms with E-state index in [1.165, 1.54) is 12.1 Å². The van der Waals surface area contributed by atoms with Crippen LogP contribution >= 0.6 is 0 Å². The Labute approximate surface area is 160 Å². The molecule has 0 bridgehead atoms. The van der Waals surface area contributed by atoms with Crippen LogP contribution in [0.15, 0.2) is 53.4 Å². The van der Waals surface area contributed by atoms with Crippen LogP contribution in [0.5, 0.6) is 5.75 Å². The van der Waals surface area contributed by atoms with Crippen molar-refractivity contribution in [3.05, 3.63) is 59.7 Å². The first kappa shape index (κ1) is 19.4. The molecule has 0 aromatic heterocycles. The number of piperazine rings is 1. The first-order valence-electron chi connectivity index (χ1n) is 8.74. The Balaban J connectivity index is 1.87. The van der Waals surface area contributed by atoms with Crippen LogP contribution in [-0.2, 0) is 9.84 Å². The largest absolute Gasteiger partial charge is 0.496 e. The number of sulfone groups is 1. The standard InChI is InChI=1S/C20H24N2O4S/c1-21-11-12-22(14-18(21)17-9-4-5-10-19(17)26-2)20(23)15-7-6-8-16(13-15)27(3,24)25/h4-10,13,18H,11-12,14H2,1-3H3. The molecule has 1 aliphatic rings. The summed E-state index contributed by atoms with van der Waals surface area (Å²) in [5.74, 6) is 0.635. The number of likely N-dealkylation sites (N-methyl/N-ethyl adjacent to an activating group) is 1. The van der Waals surface area contributed by atoms with Crippen molar-refractivity contribution in [3.8, 4) is 5.75 Å². The van der Waals surface area contributed by atoms with Gasteiger partial charge in [-0.1, -0.05) is 24.3 Å². The van der Waals surface area contributed by atoms with E-state index in [0.29, 0.717) is 18.7 Å². The molecule has 1 fully saturated rings. The van der Waals surface area contributed by atoms with Crippen molar-refractivity contribution in [3.63, 3.8) is 0 Å². The van der Waals surface area contributed by atoms with E-state index < -0.39 is 9.84 Å². The van der Waals surface area contributed by atoms with Crippen LogP contribution in [0, 0.1) is 0 Å². The SMILES string of the molecule is COc1ccccc1C1CN(C(=O)c2cccc(S(C)(=O)=O)c2)CCN1C. The Morgan fingerprint density at radius 1 is 1.11 bits per heavy atom. The molecule has 2 aromatic carbocycles. The number of para-hydroxylation sites is 1. The molecule has 1 amide bonds. The summed E-state index contributed by atoms with van der Waals surface area (Å²) in [6.45, 7) is 1.82. The van der Waals surface area contributed by atoms with Crippen LogP contribution < -0.4 is 4.74 Å². The fourth-order valence-corrected chi connectivity index (χ4v) is 4.04. The molecule has 2 aromatic rings. The second-order valence-corrected chi connectivity index (χ2v) is 8.81. The number of carbonyl (C=O) groups is 1. The number of hydrogen-bond donors (Lipinski definition) is 0. The molecule has 0 N–H and O–H groups in total. The molecule has 1 aliphatic heterocycles. The normalized spacial score (nSPS) is 18.3. The number of ether oxygens (including phenoxy) is 1. The van der Waals surface area contributed by atoms with Gasteiger partial charge in [-0.05, 0) is 31.3 Å². The zero-order valence-electron chi connectivity index (χ0n) is 15.8. The highest BCUT2D eigenvalue weighted by atomic mass is 32.2. The third-order valence-electron chi connectivity index (χ3n) is 4.94. The number of amides is 1. The van der Waals surface area contributed by atoms with Crippen molar-refractivity contribution in [1.82, 2.24) is 9.80 Å². The molecule has 7 heteroatoms. The first-order chi connectivity index (χ1) is 12.8. The van der Waals surface area contributed by atoms with E-state index in [1.807, 2.05) is 31.3 Å². The van der Waals surface area contributed by atoms with Gasteiger partial charge in [-0.2, -0.15) is 0 Å². The van der Waals surface area contributed by atoms with Crippen molar-refractivity contribution >= 4 is 15.7 Å². The highest BCUT2D eigenvalue weighted by Crippen LogP contribution is 2.31. The van der Waals surface area contributed by atoms with Gasteiger partial charge in [-0.25, -0.2) is 8.42 Å². The van der Waals surface area contributed by atoms with Gasteiger partial charge in [0, 0.05) is 37.0 Å². The molecule has 6 nitrogen and oxygen atoms in total. The summed E-state index contributed by atoms with van der Waals surface area (Å²) in [5.41, 5.74) is 1.42. The van der Waals surface area contributed by atoms with Crippen LogP contribution in [-0.4, -0.2) is 64.2 Å². The number of methoxy groups -OCH3 is 1. The van der Waals surface area contributed by atoms with Crippen molar-refractivity contribution in [2.75, 3.05) is 40.0 Å². The Kier molecular flexibility index (Phi) is 5.53. The molecule has 1 saturated heterocycles. The lowest BCUT2D eigenvalue weighted by Crippen LogP contribution is -2.49. The van der Waals surface area contributed by atoms with Gasteiger partial charge in [0.05, 0.1) is 18.0 Å². The monoisotopic (exact) mass is 388 g/mol. The van der Waals surface area contributed by atoms with Gasteiger partial charge in [-0.15, -0.1) is 0 Å². The van der Waals surface area contributed by atoms with E-state index in [2.05, 4.69) is 4.90 Å². The van der Waals surface area contributed by atoms with Crippen LogP contribution in [0.25, 0.3) is 0 Å². The first-order valence-corrected chi connectivity index (χ1v) is 10.6. The zero-order chi connectivity index (χ0) is 19.6. The van der Waals surface area contributed by atoms with Gasteiger partial charge in [0.25, 0.3) is 5.91 Å². The molecule has 1 heterocycles. The van der Waals surface area contributed by atoms with Gasteiger partial charge < -0.3 is 9.64 Å². The molecule has 27 heavy (non-hydrogen) atoms. The minimum atomic E-state index is -3.36. The van der Waals surface area contributed by atoms with Gasteiger partial charge in [0.2, 0.25) is 0 Å². The number of nitrogens with zero attached hydrogens (tertiary/aromatic N) is 2. The summed E-state index contributed by atoms with van der Waals surface area (Å²) in [7, 11) is 0.314. The van der Waals surface area contributed by atoms with E-state index >= 15 is 0 Å². The fourth-order valence-electron chi connectivity index (χ4n) is 3.38. The molecule has 144 valence electrons. The maximum atomic E-state index is 13.0. The molecule has 0 saturated carbocycles. The van der Waals surface area contributed by atoms with E-state index in [0.717, 1.165) is 24.1 Å². The van der Waals surface area contributed by atoms with E-state index in [-0.39, 0.29) is 16.8 Å². The summed E-state index contributed by atoms with van der Waals surface area (Å²) in [6.07, 6.45) is 1.14. The molecule has 0 radical (unpaired) electrons. The van der Waals surface area contributed by atoms with Gasteiger partial charge in [0.15, 0.2) is 9.84 Å². The maximum Gasteiger partial charge on any atom is 0.254 e. The van der Waals surface area contributed by atoms with Crippen LogP contribution in [0.2, 0.25) is 0 Å². The van der Waals surface area contributed by atoms with Crippen LogP contribution in [0.4, 0.5) is 0 Å². The summed E-state index contributed by atoms with van der Waals surface area (Å²) in [5, 5.41) is 0. The van der Waals surface area contributed by atoms with Crippen molar-refractivity contribution in [1.29, 1.82) is 0 Å². The number of benzene rings is 2. The predicted octanol–water partition coefficient (Wildman–Crippen LogP) is 2.23. The van der Waals surface area contributed by atoms with Crippen molar-refractivity contribution in [2.45, 2.75) is 10.9 Å². The molecular formula is C20H24N2O4S. The van der Waals surface area contributed by atoms with Gasteiger partial charge in [-0.3, -0.25) is 9.69 Å². The molecular weight excluding hydrogens is 364 g/mol. The summed E-state index contributed by atoms with van der Waals surface area (Å²) in [4.78, 5) is 17.1. The average Bonchev–Trinajstić information content (AvgIpc) is 2.67. The predicted molar refractivity (Wildman–Crippen MR) is 104 cm³/mol. The number of carbonyl (C=O) groups excluding carboxylic acids is 1. The quantitative estimate of drug-likeness (QED) is 0.804. The van der Waals surface area contributed by atoms with Gasteiger partial charge in [0.1, 0.15) is 5.75 Å². The smallest absolute Gasteiger partial charge is 0.254 e. The molecule has 0 spiro atoms. The minimum Gasteiger partial charge on any atom is -0.496 e. The average molecular weight is 388 g/mol. The van der Waals surface area contributed by atoms with E-state index in [1.54, 1.807) is 24.1 Å². The number of rotatable bonds is 4. The second kappa shape index (κ2) is 7.70. The lowest BCUT2D eigenvalue weighted by molar-refractivity contribution is 0.0542. The van der Waals surface area contributed by atoms with E-state index in [9.17, 15) is 13.2 Å². The van der Waals surface area contributed by atoms with E-state index in [4.69, 9.17) is 4.74 Å². The van der Waals surface area contributed by atoms with Gasteiger partial charge >= 0.3 is 0 Å². The Morgan fingerprint density at radius 3 is 2.56 bits per heavy atom. The second-order valence-electron chi connectivity index (χ2n) is 6.79. The maximum absolute atomic E-state index is 13.0. The zero-order valence-corrected chi connectivity index (χ0v) is 16.6. The topological polar surface area (TPSA) is 66.9 Å². The lowest BCUT2D eigenvalue weighted by Gasteiger charge is -2.40. The van der Waals surface area contributed by atoms with Crippen molar-refractivity contribution < 1.29 is 17.9 Å².